The van der Waals surface area contributed by atoms with Crippen molar-refractivity contribution in [2.24, 2.45) is 17.8 Å². The lowest BCUT2D eigenvalue weighted by Crippen LogP contribution is -2.21. The lowest BCUT2D eigenvalue weighted by molar-refractivity contribution is -0.143. The summed E-state index contributed by atoms with van der Waals surface area (Å²) in [5.74, 6) is -0.814. The van der Waals surface area contributed by atoms with Crippen molar-refractivity contribution >= 4 is 5.97 Å². The van der Waals surface area contributed by atoms with E-state index in [-0.39, 0.29) is 5.92 Å². The van der Waals surface area contributed by atoms with Crippen molar-refractivity contribution in [2.45, 2.75) is 45.6 Å². The summed E-state index contributed by atoms with van der Waals surface area (Å²) in [6.45, 7) is 8.08. The van der Waals surface area contributed by atoms with Gasteiger partial charge in [0.05, 0.1) is 12.0 Å². The summed E-state index contributed by atoms with van der Waals surface area (Å²) in [7, 11) is 0. The number of carboxylic acid groups (broad SMARTS) is 1. The first-order valence-electron chi connectivity index (χ1n) is 6.67. The average Bonchev–Trinajstić information content (AvgIpc) is 2.49. The van der Waals surface area contributed by atoms with E-state index in [1.807, 2.05) is 13.8 Å². The van der Waals surface area contributed by atoms with Crippen LogP contribution in [0.5, 0.6) is 0 Å². The Hall–Kier alpha value is -1.09. The average molecular weight is 250 g/mol. The molecule has 0 aromatic carbocycles. The fourth-order valence-corrected chi connectivity index (χ4v) is 3.57. The van der Waals surface area contributed by atoms with Crippen LogP contribution in [-0.4, -0.2) is 22.3 Å². The molecular formula is C15H22O3. The van der Waals surface area contributed by atoms with Crippen molar-refractivity contribution in [3.63, 3.8) is 0 Å². The van der Waals surface area contributed by atoms with E-state index in [9.17, 15) is 15.0 Å². The number of allylic oxidation sites excluding steroid dienone is 2. The van der Waals surface area contributed by atoms with E-state index in [1.54, 1.807) is 0 Å². The predicted octanol–water partition coefficient (Wildman–Crippen LogP) is 2.76. The highest BCUT2D eigenvalue weighted by atomic mass is 16.4. The summed E-state index contributed by atoms with van der Waals surface area (Å²) in [5, 5.41) is 19.4. The molecule has 0 heterocycles. The van der Waals surface area contributed by atoms with Gasteiger partial charge < -0.3 is 10.2 Å². The third kappa shape index (κ3) is 2.24. The summed E-state index contributed by atoms with van der Waals surface area (Å²) in [6, 6.07) is 0. The lowest BCUT2D eigenvalue weighted by atomic mass is 9.82. The Morgan fingerprint density at radius 1 is 1.39 bits per heavy atom. The molecule has 3 heteroatoms. The van der Waals surface area contributed by atoms with E-state index in [4.69, 9.17) is 0 Å². The smallest absolute Gasteiger partial charge is 0.307 e. The number of hydrogen-bond donors (Lipinski definition) is 2. The number of rotatable bonds is 2. The Balaban J connectivity index is 2.34. The van der Waals surface area contributed by atoms with E-state index >= 15 is 0 Å². The molecule has 2 aliphatic carbocycles. The second kappa shape index (κ2) is 4.88. The maximum Gasteiger partial charge on any atom is 0.307 e. The van der Waals surface area contributed by atoms with E-state index in [2.05, 4.69) is 6.58 Å². The van der Waals surface area contributed by atoms with E-state index < -0.39 is 18.0 Å². The SMILES string of the molecule is C=C(C)[C@@H]1CCC(C)=C2C(O)C[C@H](C(=O)O)[C@@H]2C1. The van der Waals surface area contributed by atoms with E-state index in [0.29, 0.717) is 12.3 Å². The van der Waals surface area contributed by atoms with Crippen LogP contribution in [0.25, 0.3) is 0 Å². The topological polar surface area (TPSA) is 57.5 Å². The summed E-state index contributed by atoms with van der Waals surface area (Å²) in [6.07, 6.45) is 2.62. The van der Waals surface area contributed by atoms with Gasteiger partial charge >= 0.3 is 5.97 Å². The molecule has 0 aliphatic heterocycles. The molecular weight excluding hydrogens is 228 g/mol. The molecule has 2 rings (SSSR count). The summed E-state index contributed by atoms with van der Waals surface area (Å²) < 4.78 is 0. The highest BCUT2D eigenvalue weighted by Crippen LogP contribution is 2.47. The largest absolute Gasteiger partial charge is 0.481 e. The molecule has 100 valence electrons. The Kier molecular flexibility index (Phi) is 3.62. The van der Waals surface area contributed by atoms with Crippen LogP contribution in [0.4, 0.5) is 0 Å². The van der Waals surface area contributed by atoms with Crippen molar-refractivity contribution < 1.29 is 15.0 Å². The Labute approximate surface area is 108 Å². The molecule has 0 aromatic heterocycles. The van der Waals surface area contributed by atoms with Crippen molar-refractivity contribution in [1.29, 1.82) is 0 Å². The van der Waals surface area contributed by atoms with Crippen LogP contribution in [0.1, 0.15) is 39.5 Å². The fraction of sp³-hybridized carbons (Fsp3) is 0.667. The molecule has 18 heavy (non-hydrogen) atoms. The van der Waals surface area contributed by atoms with Crippen LogP contribution in [-0.2, 0) is 4.79 Å². The molecule has 3 nitrogen and oxygen atoms in total. The maximum absolute atomic E-state index is 11.3. The summed E-state index contributed by atoms with van der Waals surface area (Å²) >= 11 is 0. The van der Waals surface area contributed by atoms with Gasteiger partial charge in [-0.15, -0.1) is 0 Å². The van der Waals surface area contributed by atoms with Crippen LogP contribution < -0.4 is 0 Å². The van der Waals surface area contributed by atoms with Gasteiger partial charge in [0.25, 0.3) is 0 Å². The van der Waals surface area contributed by atoms with Gasteiger partial charge in [0.1, 0.15) is 0 Å². The normalized spacial score (nSPS) is 36.2. The minimum atomic E-state index is -0.774. The summed E-state index contributed by atoms with van der Waals surface area (Å²) in [4.78, 5) is 11.3. The zero-order chi connectivity index (χ0) is 13.4. The van der Waals surface area contributed by atoms with Gasteiger partial charge in [-0.3, -0.25) is 4.79 Å². The van der Waals surface area contributed by atoms with Gasteiger partial charge in [-0.1, -0.05) is 17.7 Å². The molecule has 0 saturated heterocycles. The minimum Gasteiger partial charge on any atom is -0.481 e. The predicted molar refractivity (Wildman–Crippen MR) is 70.1 cm³/mol. The zero-order valence-corrected chi connectivity index (χ0v) is 11.1. The first-order chi connectivity index (χ1) is 8.41. The van der Waals surface area contributed by atoms with Crippen molar-refractivity contribution in [3.8, 4) is 0 Å². The zero-order valence-electron chi connectivity index (χ0n) is 11.1. The van der Waals surface area contributed by atoms with E-state index in [0.717, 1.165) is 30.4 Å². The highest BCUT2D eigenvalue weighted by molar-refractivity contribution is 5.72. The standard InChI is InChI=1S/C15H22O3/c1-8(2)10-5-4-9(3)14-11(6-10)12(15(17)18)7-13(14)16/h10-13,16H,1,4-7H2,2-3H3,(H,17,18)/t10-,11+,12+,13?/m1/s1. The van der Waals surface area contributed by atoms with Crippen LogP contribution in [0, 0.1) is 17.8 Å². The van der Waals surface area contributed by atoms with Crippen LogP contribution in [0.2, 0.25) is 0 Å². The first-order valence-corrected chi connectivity index (χ1v) is 6.67. The quantitative estimate of drug-likeness (QED) is 0.741. The van der Waals surface area contributed by atoms with Crippen LogP contribution in [0.3, 0.4) is 0 Å². The number of hydrogen-bond acceptors (Lipinski definition) is 2. The van der Waals surface area contributed by atoms with Crippen LogP contribution >= 0.6 is 0 Å². The minimum absolute atomic E-state index is 0.00157. The molecule has 2 N–H and O–H groups in total. The Bertz CT molecular complexity index is 408. The lowest BCUT2D eigenvalue weighted by Gasteiger charge is -2.22. The van der Waals surface area contributed by atoms with Gasteiger partial charge in [-0.25, -0.2) is 0 Å². The maximum atomic E-state index is 11.3. The van der Waals surface area contributed by atoms with Crippen LogP contribution in [0.15, 0.2) is 23.3 Å². The third-order valence-corrected chi connectivity index (χ3v) is 4.63. The Morgan fingerprint density at radius 2 is 2.06 bits per heavy atom. The second-order valence-corrected chi connectivity index (χ2v) is 5.86. The summed E-state index contributed by atoms with van der Waals surface area (Å²) in [5.41, 5.74) is 3.33. The van der Waals surface area contributed by atoms with Gasteiger partial charge in [-0.05, 0) is 56.9 Å². The van der Waals surface area contributed by atoms with Gasteiger partial charge in [-0.2, -0.15) is 0 Å². The molecule has 2 aliphatic rings. The Morgan fingerprint density at radius 3 is 2.61 bits per heavy atom. The molecule has 0 amide bonds. The second-order valence-electron chi connectivity index (χ2n) is 5.86. The van der Waals surface area contributed by atoms with Gasteiger partial charge in [0.2, 0.25) is 0 Å². The first kappa shape index (κ1) is 13.3. The van der Waals surface area contributed by atoms with Gasteiger partial charge in [0.15, 0.2) is 0 Å². The molecule has 1 fully saturated rings. The number of carboxylic acids is 1. The fourth-order valence-electron chi connectivity index (χ4n) is 3.57. The molecule has 0 bridgehead atoms. The molecule has 1 unspecified atom stereocenters. The van der Waals surface area contributed by atoms with Crippen molar-refractivity contribution in [3.05, 3.63) is 23.3 Å². The molecule has 0 spiro atoms. The monoisotopic (exact) mass is 250 g/mol. The van der Waals surface area contributed by atoms with Crippen molar-refractivity contribution in [2.75, 3.05) is 0 Å². The number of carbonyl (C=O) groups is 1. The molecule has 0 radical (unpaired) electrons. The van der Waals surface area contributed by atoms with Crippen molar-refractivity contribution in [1.82, 2.24) is 0 Å². The molecule has 1 saturated carbocycles. The number of aliphatic hydroxyl groups is 1. The highest BCUT2D eigenvalue weighted by Gasteiger charge is 2.44. The van der Waals surface area contributed by atoms with E-state index in [1.165, 1.54) is 5.57 Å². The molecule has 0 aromatic rings. The number of aliphatic carboxylic acids is 1. The van der Waals surface area contributed by atoms with Gasteiger partial charge in [0, 0.05) is 0 Å². The number of aliphatic hydroxyl groups excluding tert-OH is 1. The molecule has 4 atom stereocenters. The third-order valence-electron chi connectivity index (χ3n) is 4.63. The number of fused-ring (bicyclic) bond motifs is 1.